The molecular formula is C14H18BrFN2O2. The van der Waals surface area contributed by atoms with E-state index in [0.717, 1.165) is 6.07 Å². The van der Waals surface area contributed by atoms with Gasteiger partial charge < -0.3 is 10.6 Å². The van der Waals surface area contributed by atoms with Gasteiger partial charge in [0.15, 0.2) is 0 Å². The van der Waals surface area contributed by atoms with Crippen molar-refractivity contribution in [3.8, 4) is 0 Å². The molecule has 1 rings (SSSR count). The molecule has 0 spiro atoms. The summed E-state index contributed by atoms with van der Waals surface area (Å²) >= 11 is 3.19. The zero-order chi connectivity index (χ0) is 15.1. The Morgan fingerprint density at radius 2 is 2.00 bits per heavy atom. The van der Waals surface area contributed by atoms with E-state index in [1.54, 1.807) is 0 Å². The van der Waals surface area contributed by atoms with Gasteiger partial charge in [0.2, 0.25) is 5.91 Å². The number of halogens is 2. The fourth-order valence-corrected chi connectivity index (χ4v) is 1.89. The van der Waals surface area contributed by atoms with E-state index < -0.39 is 11.7 Å². The van der Waals surface area contributed by atoms with Gasteiger partial charge in [-0.1, -0.05) is 13.8 Å². The first-order valence-electron chi connectivity index (χ1n) is 6.40. The normalized spacial score (nSPS) is 10.4. The lowest BCUT2D eigenvalue weighted by molar-refractivity contribution is -0.121. The first kappa shape index (κ1) is 16.6. The second-order valence-electron chi connectivity index (χ2n) is 4.83. The highest BCUT2D eigenvalue weighted by atomic mass is 79.9. The predicted molar refractivity (Wildman–Crippen MR) is 78.9 cm³/mol. The number of hydrogen-bond acceptors (Lipinski definition) is 2. The number of rotatable bonds is 6. The van der Waals surface area contributed by atoms with E-state index in [-0.39, 0.29) is 24.4 Å². The number of carbonyl (C=O) groups excluding carboxylic acids is 2. The summed E-state index contributed by atoms with van der Waals surface area (Å²) in [5.41, 5.74) is 0.215. The molecule has 0 saturated heterocycles. The van der Waals surface area contributed by atoms with Crippen LogP contribution in [0.15, 0.2) is 22.7 Å². The van der Waals surface area contributed by atoms with Crippen LogP contribution in [0, 0.1) is 11.7 Å². The van der Waals surface area contributed by atoms with Crippen molar-refractivity contribution in [3.05, 3.63) is 34.1 Å². The maximum absolute atomic E-state index is 13.1. The molecule has 0 aliphatic heterocycles. The standard InChI is InChI=1S/C14H18BrFN2O2/c1-9(2)8-18-13(19)5-6-17-14(20)11-7-10(16)3-4-12(11)15/h3-4,7,9H,5-6,8H2,1-2H3,(H,17,20)(H,18,19). The lowest BCUT2D eigenvalue weighted by atomic mass is 10.2. The Labute approximate surface area is 126 Å². The lowest BCUT2D eigenvalue weighted by Crippen LogP contribution is -2.32. The fourth-order valence-electron chi connectivity index (χ4n) is 1.46. The van der Waals surface area contributed by atoms with E-state index in [0.29, 0.717) is 16.9 Å². The summed E-state index contributed by atoms with van der Waals surface area (Å²) in [6.07, 6.45) is 0.200. The molecule has 0 bridgehead atoms. The maximum Gasteiger partial charge on any atom is 0.252 e. The highest BCUT2D eigenvalue weighted by Crippen LogP contribution is 2.17. The van der Waals surface area contributed by atoms with Crippen LogP contribution in [0.5, 0.6) is 0 Å². The molecule has 0 radical (unpaired) electrons. The molecule has 0 aromatic heterocycles. The molecule has 0 aliphatic carbocycles. The van der Waals surface area contributed by atoms with Crippen LogP contribution in [0.1, 0.15) is 30.6 Å². The summed E-state index contributed by atoms with van der Waals surface area (Å²) in [5.74, 6) is -0.616. The summed E-state index contributed by atoms with van der Waals surface area (Å²) in [5, 5.41) is 5.35. The minimum atomic E-state index is -0.479. The molecule has 0 aliphatic rings. The van der Waals surface area contributed by atoms with Crippen molar-refractivity contribution in [2.75, 3.05) is 13.1 Å². The average Bonchev–Trinajstić information content (AvgIpc) is 2.39. The van der Waals surface area contributed by atoms with Crippen molar-refractivity contribution in [2.24, 2.45) is 5.92 Å². The van der Waals surface area contributed by atoms with E-state index in [9.17, 15) is 14.0 Å². The van der Waals surface area contributed by atoms with Gasteiger partial charge in [-0.05, 0) is 40.0 Å². The van der Waals surface area contributed by atoms with Crippen LogP contribution in [0.3, 0.4) is 0 Å². The molecule has 2 amide bonds. The van der Waals surface area contributed by atoms with Crippen LogP contribution in [0.4, 0.5) is 4.39 Å². The molecule has 110 valence electrons. The Morgan fingerprint density at radius 3 is 2.65 bits per heavy atom. The Balaban J connectivity index is 2.40. The quantitative estimate of drug-likeness (QED) is 0.832. The van der Waals surface area contributed by atoms with E-state index >= 15 is 0 Å². The molecule has 0 atom stereocenters. The van der Waals surface area contributed by atoms with Crippen molar-refractivity contribution in [1.29, 1.82) is 0 Å². The van der Waals surface area contributed by atoms with Crippen LogP contribution < -0.4 is 10.6 Å². The topological polar surface area (TPSA) is 58.2 Å². The minimum absolute atomic E-state index is 0.114. The third-order valence-corrected chi connectivity index (χ3v) is 3.21. The van der Waals surface area contributed by atoms with Crippen LogP contribution in [-0.2, 0) is 4.79 Å². The van der Waals surface area contributed by atoms with Gasteiger partial charge in [-0.2, -0.15) is 0 Å². The molecule has 2 N–H and O–H groups in total. The third-order valence-electron chi connectivity index (χ3n) is 2.52. The molecule has 1 aromatic rings. The number of benzene rings is 1. The van der Waals surface area contributed by atoms with Crippen LogP contribution in [0.2, 0.25) is 0 Å². The van der Waals surface area contributed by atoms with E-state index in [2.05, 4.69) is 26.6 Å². The Bertz CT molecular complexity index is 492. The molecule has 0 heterocycles. The molecule has 0 fully saturated rings. The molecule has 4 nitrogen and oxygen atoms in total. The van der Waals surface area contributed by atoms with Crippen molar-refractivity contribution in [2.45, 2.75) is 20.3 Å². The zero-order valence-corrected chi connectivity index (χ0v) is 13.1. The van der Waals surface area contributed by atoms with E-state index in [4.69, 9.17) is 0 Å². The largest absolute Gasteiger partial charge is 0.356 e. The van der Waals surface area contributed by atoms with Crippen molar-refractivity contribution >= 4 is 27.7 Å². The fraction of sp³-hybridized carbons (Fsp3) is 0.429. The minimum Gasteiger partial charge on any atom is -0.356 e. The SMILES string of the molecule is CC(C)CNC(=O)CCNC(=O)c1cc(F)ccc1Br. The first-order valence-corrected chi connectivity index (χ1v) is 7.19. The van der Waals surface area contributed by atoms with Gasteiger partial charge in [0, 0.05) is 24.0 Å². The van der Waals surface area contributed by atoms with Crippen LogP contribution in [-0.4, -0.2) is 24.9 Å². The number of nitrogens with one attached hydrogen (secondary N) is 2. The van der Waals surface area contributed by atoms with Gasteiger partial charge in [0.25, 0.3) is 5.91 Å². The molecule has 1 aromatic carbocycles. The molecular weight excluding hydrogens is 327 g/mol. The lowest BCUT2D eigenvalue weighted by Gasteiger charge is -2.09. The second kappa shape index (κ2) is 7.99. The van der Waals surface area contributed by atoms with Crippen molar-refractivity contribution in [1.82, 2.24) is 10.6 Å². The molecule has 0 unspecified atom stereocenters. The third kappa shape index (κ3) is 5.69. The van der Waals surface area contributed by atoms with Crippen LogP contribution in [0.25, 0.3) is 0 Å². The van der Waals surface area contributed by atoms with Crippen molar-refractivity contribution < 1.29 is 14.0 Å². The average molecular weight is 345 g/mol. The summed E-state index contributed by atoms with van der Waals surface area (Å²) < 4.78 is 13.6. The van der Waals surface area contributed by atoms with Gasteiger partial charge in [0.1, 0.15) is 5.82 Å². The molecule has 6 heteroatoms. The smallest absolute Gasteiger partial charge is 0.252 e. The molecule has 20 heavy (non-hydrogen) atoms. The van der Waals surface area contributed by atoms with Gasteiger partial charge in [-0.15, -0.1) is 0 Å². The van der Waals surface area contributed by atoms with Gasteiger partial charge in [-0.25, -0.2) is 4.39 Å². The Morgan fingerprint density at radius 1 is 1.30 bits per heavy atom. The van der Waals surface area contributed by atoms with Crippen LogP contribution >= 0.6 is 15.9 Å². The molecule has 0 saturated carbocycles. The summed E-state index contributed by atoms with van der Waals surface area (Å²) in [7, 11) is 0. The van der Waals surface area contributed by atoms with Gasteiger partial charge in [0.05, 0.1) is 5.56 Å². The Hall–Kier alpha value is -1.43. The van der Waals surface area contributed by atoms with Crippen molar-refractivity contribution in [3.63, 3.8) is 0 Å². The summed E-state index contributed by atoms with van der Waals surface area (Å²) in [4.78, 5) is 23.3. The number of hydrogen-bond donors (Lipinski definition) is 2. The van der Waals surface area contributed by atoms with Gasteiger partial charge >= 0.3 is 0 Å². The maximum atomic E-state index is 13.1. The van der Waals surface area contributed by atoms with E-state index in [1.165, 1.54) is 12.1 Å². The zero-order valence-electron chi connectivity index (χ0n) is 11.5. The first-order chi connectivity index (χ1) is 9.40. The number of carbonyl (C=O) groups is 2. The van der Waals surface area contributed by atoms with E-state index in [1.807, 2.05) is 13.8 Å². The summed E-state index contributed by atoms with van der Waals surface area (Å²) in [6.45, 7) is 4.83. The highest BCUT2D eigenvalue weighted by molar-refractivity contribution is 9.10. The second-order valence-corrected chi connectivity index (χ2v) is 5.68. The Kier molecular flexibility index (Phi) is 6.64. The predicted octanol–water partition coefficient (Wildman–Crippen LogP) is 2.48. The number of amides is 2. The summed E-state index contributed by atoms with van der Waals surface area (Å²) in [6, 6.07) is 3.89. The van der Waals surface area contributed by atoms with Gasteiger partial charge in [-0.3, -0.25) is 9.59 Å². The highest BCUT2D eigenvalue weighted by Gasteiger charge is 2.11. The monoisotopic (exact) mass is 344 g/mol.